The number of nitrogens with zero attached hydrogens (tertiary/aromatic N) is 1. The fourth-order valence-corrected chi connectivity index (χ4v) is 1.28. The van der Waals surface area contributed by atoms with Gasteiger partial charge >= 0.3 is 0 Å². The first-order chi connectivity index (χ1) is 5.13. The number of amidine groups is 1. The summed E-state index contributed by atoms with van der Waals surface area (Å²) in [5, 5.41) is 7.18. The second kappa shape index (κ2) is 12.4. The first-order valence-electron chi connectivity index (χ1n) is 3.74. The molecule has 0 heterocycles. The predicted octanol–water partition coefficient (Wildman–Crippen LogP) is 1.80. The normalized spacial score (nSPS) is 8.85. The molecule has 3 N–H and O–H groups in total. The van der Waals surface area contributed by atoms with Crippen molar-refractivity contribution in [3.63, 3.8) is 0 Å². The van der Waals surface area contributed by atoms with Gasteiger partial charge in [0, 0.05) is 5.75 Å². The molecule has 0 saturated heterocycles. The van der Waals surface area contributed by atoms with Gasteiger partial charge in [0.05, 0.1) is 0 Å². The molecule has 0 bridgehead atoms. The van der Waals surface area contributed by atoms with Crippen LogP contribution in [0.25, 0.3) is 0 Å². The fraction of sp³-hybridized carbons (Fsp3) is 0.857. The summed E-state index contributed by atoms with van der Waals surface area (Å²) in [5.41, 5.74) is 5.17. The van der Waals surface area contributed by atoms with E-state index in [-0.39, 0.29) is 30.0 Å². The average Bonchev–Trinajstić information content (AvgIpc) is 1.85. The number of nitrogens with two attached hydrogens (primary N) is 1. The maximum Gasteiger partial charge on any atom is 0.151 e. The molecule has 0 fully saturated rings. The average molecular weight is 248 g/mol. The minimum Gasteiger partial charge on any atom is -0.379 e. The van der Waals surface area contributed by atoms with E-state index in [2.05, 4.69) is 19.0 Å². The van der Waals surface area contributed by atoms with Gasteiger partial charge in [-0.15, -0.1) is 24.8 Å². The fourth-order valence-electron chi connectivity index (χ4n) is 0.712. The smallest absolute Gasteiger partial charge is 0.151 e. The van der Waals surface area contributed by atoms with Gasteiger partial charge in [-0.05, 0) is 33.5 Å². The van der Waals surface area contributed by atoms with Crippen LogP contribution in [-0.4, -0.2) is 36.5 Å². The molecule has 3 nitrogen and oxygen atoms in total. The maximum absolute atomic E-state index is 6.94. The number of unbranched alkanes of at least 4 members (excludes halogenated alkanes) is 1. The molecule has 0 spiro atoms. The zero-order valence-electron chi connectivity index (χ0n) is 8.08. The second-order valence-electron chi connectivity index (χ2n) is 2.72. The molecular weight excluding hydrogens is 229 g/mol. The minimum absolute atomic E-state index is 0. The Bertz CT molecular complexity index is 122. The molecule has 0 aromatic heterocycles. The van der Waals surface area contributed by atoms with Crippen molar-refractivity contribution in [1.29, 1.82) is 5.41 Å². The molecule has 82 valence electrons. The third-order valence-electron chi connectivity index (χ3n) is 1.26. The van der Waals surface area contributed by atoms with Crippen LogP contribution in [-0.2, 0) is 0 Å². The van der Waals surface area contributed by atoms with E-state index < -0.39 is 0 Å². The van der Waals surface area contributed by atoms with E-state index in [9.17, 15) is 0 Å². The van der Waals surface area contributed by atoms with E-state index in [1.54, 1.807) is 0 Å². The van der Waals surface area contributed by atoms with E-state index >= 15 is 0 Å². The van der Waals surface area contributed by atoms with Crippen molar-refractivity contribution in [3.8, 4) is 0 Å². The van der Waals surface area contributed by atoms with Gasteiger partial charge in [0.1, 0.15) is 0 Å². The SMILES string of the molecule is CN(C)CCCCSC(=N)N.Cl.Cl. The molecule has 0 saturated carbocycles. The van der Waals surface area contributed by atoms with Gasteiger partial charge in [-0.3, -0.25) is 5.41 Å². The highest BCUT2D eigenvalue weighted by Gasteiger charge is 1.92. The number of hydrogen-bond donors (Lipinski definition) is 2. The Morgan fingerprint density at radius 2 is 1.85 bits per heavy atom. The standard InChI is InChI=1S/C7H17N3S.2ClH/c1-10(2)5-3-4-6-11-7(8)9;;/h3-6H2,1-2H3,(H3,8,9);2*1H. The molecule has 0 aromatic carbocycles. The number of nitrogens with one attached hydrogen (secondary N) is 1. The summed E-state index contributed by atoms with van der Waals surface area (Å²) < 4.78 is 0. The molecule has 0 aliphatic heterocycles. The van der Waals surface area contributed by atoms with E-state index in [0.717, 1.165) is 18.7 Å². The van der Waals surface area contributed by atoms with Gasteiger partial charge in [0.25, 0.3) is 0 Å². The van der Waals surface area contributed by atoms with E-state index in [4.69, 9.17) is 11.1 Å². The molecule has 6 heteroatoms. The van der Waals surface area contributed by atoms with Crippen molar-refractivity contribution in [2.24, 2.45) is 5.73 Å². The van der Waals surface area contributed by atoms with Gasteiger partial charge < -0.3 is 10.6 Å². The van der Waals surface area contributed by atoms with E-state index in [1.165, 1.54) is 18.2 Å². The van der Waals surface area contributed by atoms with Crippen LogP contribution in [0, 0.1) is 5.41 Å². The minimum atomic E-state index is 0. The van der Waals surface area contributed by atoms with Crippen LogP contribution >= 0.6 is 36.6 Å². The van der Waals surface area contributed by atoms with E-state index in [0.29, 0.717) is 0 Å². The molecule has 0 aliphatic rings. The molecule has 0 aromatic rings. The Morgan fingerprint density at radius 1 is 1.31 bits per heavy atom. The summed E-state index contributed by atoms with van der Waals surface area (Å²) in [5.74, 6) is 0.975. The highest BCUT2D eigenvalue weighted by Crippen LogP contribution is 2.02. The highest BCUT2D eigenvalue weighted by atomic mass is 35.5. The van der Waals surface area contributed by atoms with Crippen molar-refractivity contribution in [3.05, 3.63) is 0 Å². The molecular formula is C7H19Cl2N3S. The Kier molecular flexibility index (Phi) is 18.1. The van der Waals surface area contributed by atoms with Gasteiger partial charge in [-0.25, -0.2) is 0 Å². The highest BCUT2D eigenvalue weighted by molar-refractivity contribution is 8.13. The lowest BCUT2D eigenvalue weighted by Crippen LogP contribution is -2.13. The summed E-state index contributed by atoms with van der Waals surface area (Å²) >= 11 is 1.43. The molecule has 0 atom stereocenters. The zero-order chi connectivity index (χ0) is 8.69. The Labute approximate surface area is 97.1 Å². The molecule has 0 radical (unpaired) electrons. The van der Waals surface area contributed by atoms with Crippen molar-refractivity contribution >= 4 is 41.7 Å². The van der Waals surface area contributed by atoms with Crippen LogP contribution in [0.1, 0.15) is 12.8 Å². The first kappa shape index (κ1) is 19.0. The van der Waals surface area contributed by atoms with Crippen LogP contribution in [0.3, 0.4) is 0 Å². The van der Waals surface area contributed by atoms with Crippen LogP contribution in [0.4, 0.5) is 0 Å². The van der Waals surface area contributed by atoms with Crippen LogP contribution in [0.2, 0.25) is 0 Å². The second-order valence-corrected chi connectivity index (χ2v) is 3.86. The predicted molar refractivity (Wildman–Crippen MR) is 66.7 cm³/mol. The number of halogens is 2. The summed E-state index contributed by atoms with van der Waals surface area (Å²) in [6, 6.07) is 0. The Morgan fingerprint density at radius 3 is 2.23 bits per heavy atom. The van der Waals surface area contributed by atoms with Gasteiger partial charge in [0.15, 0.2) is 5.17 Å². The van der Waals surface area contributed by atoms with Crippen LogP contribution in [0.5, 0.6) is 0 Å². The molecule has 0 amide bonds. The van der Waals surface area contributed by atoms with E-state index in [1.807, 2.05) is 0 Å². The molecule has 0 unspecified atom stereocenters. The Balaban J connectivity index is -0.000000500. The number of hydrogen-bond acceptors (Lipinski definition) is 3. The lowest BCUT2D eigenvalue weighted by molar-refractivity contribution is 0.399. The number of rotatable bonds is 5. The quantitative estimate of drug-likeness (QED) is 0.443. The largest absolute Gasteiger partial charge is 0.379 e. The molecule has 13 heavy (non-hydrogen) atoms. The third-order valence-corrected chi connectivity index (χ3v) is 2.06. The van der Waals surface area contributed by atoms with Crippen molar-refractivity contribution in [2.75, 3.05) is 26.4 Å². The topological polar surface area (TPSA) is 53.1 Å². The van der Waals surface area contributed by atoms with Gasteiger partial charge in [-0.2, -0.15) is 0 Å². The third kappa shape index (κ3) is 19.0. The van der Waals surface area contributed by atoms with Crippen LogP contribution in [0.15, 0.2) is 0 Å². The summed E-state index contributed by atoms with van der Waals surface area (Å²) in [4.78, 5) is 2.17. The number of thioether (sulfide) groups is 1. The summed E-state index contributed by atoms with van der Waals surface area (Å²) in [6.45, 7) is 1.12. The lowest BCUT2D eigenvalue weighted by atomic mass is 10.3. The van der Waals surface area contributed by atoms with Gasteiger partial charge in [0.2, 0.25) is 0 Å². The van der Waals surface area contributed by atoms with Crippen molar-refractivity contribution in [1.82, 2.24) is 4.90 Å². The summed E-state index contributed by atoms with van der Waals surface area (Å²) in [7, 11) is 4.14. The van der Waals surface area contributed by atoms with Gasteiger partial charge in [-0.1, -0.05) is 11.8 Å². The maximum atomic E-state index is 6.94. The first-order valence-corrected chi connectivity index (χ1v) is 4.73. The van der Waals surface area contributed by atoms with Crippen molar-refractivity contribution in [2.45, 2.75) is 12.8 Å². The van der Waals surface area contributed by atoms with Crippen LogP contribution < -0.4 is 5.73 Å². The zero-order valence-corrected chi connectivity index (χ0v) is 10.5. The molecule has 0 rings (SSSR count). The Hall–Kier alpha value is 0.360. The summed E-state index contributed by atoms with van der Waals surface area (Å²) in [6.07, 6.45) is 2.33. The van der Waals surface area contributed by atoms with Crippen molar-refractivity contribution < 1.29 is 0 Å². The lowest BCUT2D eigenvalue weighted by Gasteiger charge is -2.07. The molecule has 0 aliphatic carbocycles. The monoisotopic (exact) mass is 247 g/mol.